The minimum atomic E-state index is -1.16. The number of hydrogen-bond donors (Lipinski definition) is 4. The van der Waals surface area contributed by atoms with E-state index in [1.807, 2.05) is 0 Å². The van der Waals surface area contributed by atoms with Crippen molar-refractivity contribution >= 4 is 17.0 Å². The third-order valence-corrected chi connectivity index (χ3v) is 3.37. The predicted molar refractivity (Wildman–Crippen MR) is 61.4 cm³/mol. The van der Waals surface area contributed by atoms with Crippen molar-refractivity contribution in [3.05, 3.63) is 12.7 Å². The zero-order chi connectivity index (χ0) is 12.9. The van der Waals surface area contributed by atoms with Crippen molar-refractivity contribution in [2.75, 3.05) is 5.73 Å². The first-order chi connectivity index (χ1) is 8.59. The summed E-state index contributed by atoms with van der Waals surface area (Å²) in [6.07, 6.45) is -0.155. The molecule has 0 aliphatic heterocycles. The van der Waals surface area contributed by atoms with Gasteiger partial charge in [0.05, 0.1) is 18.5 Å². The molecule has 0 radical (unpaired) electrons. The highest BCUT2D eigenvalue weighted by Gasteiger charge is 2.42. The van der Waals surface area contributed by atoms with E-state index >= 15 is 0 Å². The standard InChI is InChI=1S/C10H13N5O3/c11-9-6-10(13-2-12-9)15(3-14-6)4-1-5(16)8(18)7(4)17/h2-5,7-8,16-18H,1H2,(H2,11,12,13)/t4-,5+,7+,8-/m0/s1. The Balaban J connectivity index is 2.08. The van der Waals surface area contributed by atoms with Gasteiger partial charge in [-0.15, -0.1) is 0 Å². The zero-order valence-corrected chi connectivity index (χ0v) is 9.38. The Morgan fingerprint density at radius 1 is 1.17 bits per heavy atom. The van der Waals surface area contributed by atoms with E-state index in [2.05, 4.69) is 15.0 Å². The van der Waals surface area contributed by atoms with E-state index in [0.29, 0.717) is 11.2 Å². The number of aliphatic hydroxyl groups is 3. The lowest BCUT2D eigenvalue weighted by molar-refractivity contribution is -0.0244. The van der Waals surface area contributed by atoms with Crippen molar-refractivity contribution in [3.63, 3.8) is 0 Å². The van der Waals surface area contributed by atoms with Gasteiger partial charge >= 0.3 is 0 Å². The Bertz CT molecular complexity index is 586. The molecule has 0 unspecified atom stereocenters. The van der Waals surface area contributed by atoms with Crippen molar-refractivity contribution in [1.29, 1.82) is 0 Å². The Kier molecular flexibility index (Phi) is 2.44. The highest BCUT2D eigenvalue weighted by atomic mass is 16.4. The van der Waals surface area contributed by atoms with E-state index in [1.165, 1.54) is 12.7 Å². The molecule has 5 N–H and O–H groups in total. The van der Waals surface area contributed by atoms with Crippen molar-refractivity contribution in [1.82, 2.24) is 19.5 Å². The SMILES string of the molecule is Nc1ncnc2c1ncn2[C@H]1C[C@@H](O)[C@H](O)[C@@H]1O. The summed E-state index contributed by atoms with van der Waals surface area (Å²) in [7, 11) is 0. The van der Waals surface area contributed by atoms with Crippen molar-refractivity contribution in [2.45, 2.75) is 30.8 Å². The van der Waals surface area contributed by atoms with E-state index in [4.69, 9.17) is 5.73 Å². The zero-order valence-electron chi connectivity index (χ0n) is 9.38. The second-order valence-electron chi connectivity index (χ2n) is 4.43. The van der Waals surface area contributed by atoms with Crippen molar-refractivity contribution in [2.24, 2.45) is 0 Å². The van der Waals surface area contributed by atoms with E-state index in [-0.39, 0.29) is 12.2 Å². The van der Waals surface area contributed by atoms with Crippen LogP contribution >= 0.6 is 0 Å². The van der Waals surface area contributed by atoms with Gasteiger partial charge in [-0.2, -0.15) is 0 Å². The Morgan fingerprint density at radius 3 is 2.61 bits per heavy atom. The van der Waals surface area contributed by atoms with Crippen LogP contribution in [0.1, 0.15) is 12.5 Å². The quantitative estimate of drug-likeness (QED) is 0.482. The fourth-order valence-electron chi connectivity index (χ4n) is 2.37. The molecule has 1 aliphatic carbocycles. The maximum Gasteiger partial charge on any atom is 0.165 e. The van der Waals surface area contributed by atoms with Crippen LogP contribution in [0.5, 0.6) is 0 Å². The van der Waals surface area contributed by atoms with E-state index < -0.39 is 24.4 Å². The van der Waals surface area contributed by atoms with Gasteiger partial charge in [0.25, 0.3) is 0 Å². The summed E-state index contributed by atoms with van der Waals surface area (Å²) >= 11 is 0. The van der Waals surface area contributed by atoms with Crippen LogP contribution in [-0.4, -0.2) is 53.2 Å². The number of nitrogens with zero attached hydrogens (tertiary/aromatic N) is 4. The van der Waals surface area contributed by atoms with Crippen LogP contribution in [0.15, 0.2) is 12.7 Å². The van der Waals surface area contributed by atoms with Crippen LogP contribution in [0.4, 0.5) is 5.82 Å². The molecule has 0 aromatic carbocycles. The fourth-order valence-corrected chi connectivity index (χ4v) is 2.37. The lowest BCUT2D eigenvalue weighted by atomic mass is 10.2. The first-order valence-electron chi connectivity index (χ1n) is 5.57. The predicted octanol–water partition coefficient (Wildman–Crippen LogP) is -1.56. The van der Waals surface area contributed by atoms with Crippen LogP contribution in [0.25, 0.3) is 11.2 Å². The summed E-state index contributed by atoms with van der Waals surface area (Å²) in [6.45, 7) is 0. The molecule has 18 heavy (non-hydrogen) atoms. The lowest BCUT2D eigenvalue weighted by Crippen LogP contribution is -2.31. The van der Waals surface area contributed by atoms with Gasteiger partial charge < -0.3 is 25.6 Å². The Hall–Kier alpha value is -1.77. The number of anilines is 1. The number of hydrogen-bond acceptors (Lipinski definition) is 7. The topological polar surface area (TPSA) is 130 Å². The molecule has 0 amide bonds. The van der Waals surface area contributed by atoms with Gasteiger partial charge in [-0.05, 0) is 6.42 Å². The lowest BCUT2D eigenvalue weighted by Gasteiger charge is -2.17. The van der Waals surface area contributed by atoms with Gasteiger partial charge in [0.2, 0.25) is 0 Å². The summed E-state index contributed by atoms with van der Waals surface area (Å²) in [5.74, 6) is 0.257. The van der Waals surface area contributed by atoms with E-state index in [1.54, 1.807) is 4.57 Å². The molecular weight excluding hydrogens is 238 g/mol. The molecule has 4 atom stereocenters. The maximum absolute atomic E-state index is 9.90. The summed E-state index contributed by atoms with van der Waals surface area (Å²) in [6, 6.07) is -0.478. The number of nitrogens with two attached hydrogens (primary N) is 1. The second-order valence-corrected chi connectivity index (χ2v) is 4.43. The van der Waals surface area contributed by atoms with Gasteiger partial charge in [0.1, 0.15) is 24.1 Å². The van der Waals surface area contributed by atoms with Crippen LogP contribution < -0.4 is 5.73 Å². The molecule has 0 spiro atoms. The molecule has 0 bridgehead atoms. The molecule has 2 heterocycles. The molecular formula is C10H13N5O3. The molecule has 2 aromatic heterocycles. The molecule has 96 valence electrons. The Morgan fingerprint density at radius 2 is 1.94 bits per heavy atom. The average Bonchev–Trinajstić information content (AvgIpc) is 2.88. The maximum atomic E-state index is 9.90. The number of fused-ring (bicyclic) bond motifs is 1. The Labute approximate surface area is 102 Å². The van der Waals surface area contributed by atoms with Gasteiger partial charge in [0.15, 0.2) is 11.5 Å². The van der Waals surface area contributed by atoms with Gasteiger partial charge in [-0.1, -0.05) is 0 Å². The minimum Gasteiger partial charge on any atom is -0.390 e. The molecule has 1 fully saturated rings. The van der Waals surface area contributed by atoms with Crippen molar-refractivity contribution < 1.29 is 15.3 Å². The second kappa shape index (κ2) is 3.87. The fraction of sp³-hybridized carbons (Fsp3) is 0.500. The van der Waals surface area contributed by atoms with Gasteiger partial charge in [-0.25, -0.2) is 15.0 Å². The summed E-state index contributed by atoms with van der Waals surface area (Å²) < 4.78 is 1.61. The van der Waals surface area contributed by atoms with Crippen LogP contribution in [0.2, 0.25) is 0 Å². The summed E-state index contributed by atoms with van der Waals surface area (Å²) in [5.41, 5.74) is 6.59. The van der Waals surface area contributed by atoms with Crippen LogP contribution in [0, 0.1) is 0 Å². The number of nitrogen functional groups attached to an aromatic ring is 1. The molecule has 1 saturated carbocycles. The summed E-state index contributed by atoms with van der Waals surface area (Å²) in [5, 5.41) is 29.0. The van der Waals surface area contributed by atoms with Crippen LogP contribution in [-0.2, 0) is 0 Å². The number of aliphatic hydroxyl groups excluding tert-OH is 3. The molecule has 8 heteroatoms. The van der Waals surface area contributed by atoms with E-state index in [9.17, 15) is 15.3 Å². The molecule has 2 aromatic rings. The van der Waals surface area contributed by atoms with Gasteiger partial charge in [-0.3, -0.25) is 0 Å². The highest BCUT2D eigenvalue weighted by molar-refractivity contribution is 5.81. The monoisotopic (exact) mass is 251 g/mol. The molecule has 8 nitrogen and oxygen atoms in total. The average molecular weight is 251 g/mol. The first kappa shape index (κ1) is 11.3. The minimum absolute atomic E-state index is 0.234. The number of imidazole rings is 1. The first-order valence-corrected chi connectivity index (χ1v) is 5.57. The smallest absolute Gasteiger partial charge is 0.165 e. The van der Waals surface area contributed by atoms with Crippen molar-refractivity contribution in [3.8, 4) is 0 Å². The third kappa shape index (κ3) is 1.47. The number of rotatable bonds is 1. The highest BCUT2D eigenvalue weighted by Crippen LogP contribution is 2.33. The molecule has 1 aliphatic rings. The normalized spacial score (nSPS) is 32.2. The van der Waals surface area contributed by atoms with Gasteiger partial charge in [0, 0.05) is 0 Å². The summed E-state index contributed by atoms with van der Waals surface area (Å²) in [4.78, 5) is 12.0. The number of aromatic nitrogens is 4. The van der Waals surface area contributed by atoms with Crippen LogP contribution in [0.3, 0.4) is 0 Å². The van der Waals surface area contributed by atoms with E-state index in [0.717, 1.165) is 0 Å². The largest absolute Gasteiger partial charge is 0.390 e. The molecule has 0 saturated heterocycles. The molecule has 3 rings (SSSR count). The third-order valence-electron chi connectivity index (χ3n) is 3.37.